The first-order valence-corrected chi connectivity index (χ1v) is 16.3. The molecule has 1 saturated heterocycles. The fraction of sp³-hybridized carbons (Fsp3) is 0.481. The van der Waals surface area contributed by atoms with Crippen LogP contribution in [0.5, 0.6) is 0 Å². The Morgan fingerprint density at radius 2 is 1.67 bits per heavy atom. The standard InChI is InChI=1S/C27H35F3N4O7S2/c1-26(2,3)41-25(36)34-15-8-9-19(18-34)32-24(35)33(4)16-14-31-43(39,40)23-17-21(12-13-22(23)27(28,29)30)42(37,38)20-10-6-5-7-11-20/h5-7,10-13,17,19,31H,8-9,14-16,18H2,1-4H3,(H,32,35)/t19-/m0/s1. The number of sulfone groups is 1. The summed E-state index contributed by atoms with van der Waals surface area (Å²) in [6.45, 7) is 5.21. The van der Waals surface area contributed by atoms with E-state index in [9.17, 15) is 39.6 Å². The van der Waals surface area contributed by atoms with E-state index in [1.807, 2.05) is 4.72 Å². The number of likely N-dealkylation sites (tertiary alicyclic amines) is 1. The van der Waals surface area contributed by atoms with E-state index in [1.165, 1.54) is 36.2 Å². The first-order valence-electron chi connectivity index (χ1n) is 13.3. The maximum absolute atomic E-state index is 13.7. The van der Waals surface area contributed by atoms with Gasteiger partial charge in [0.15, 0.2) is 0 Å². The van der Waals surface area contributed by atoms with E-state index in [0.717, 1.165) is 4.90 Å². The van der Waals surface area contributed by atoms with Gasteiger partial charge in [-0.3, -0.25) is 0 Å². The molecule has 0 aromatic heterocycles. The molecule has 1 fully saturated rings. The first kappa shape index (κ1) is 34.1. The van der Waals surface area contributed by atoms with Gasteiger partial charge in [0.05, 0.1) is 20.2 Å². The molecule has 1 aliphatic rings. The number of likely N-dealkylation sites (N-methyl/N-ethyl adjacent to an activating group) is 1. The zero-order valence-corrected chi connectivity index (χ0v) is 25.8. The molecule has 1 atom stereocenters. The van der Waals surface area contributed by atoms with Crippen LogP contribution < -0.4 is 10.0 Å². The Balaban J connectivity index is 1.68. The van der Waals surface area contributed by atoms with Crippen molar-refractivity contribution < 1.29 is 44.3 Å². The van der Waals surface area contributed by atoms with Crippen molar-refractivity contribution in [2.45, 2.75) is 66.1 Å². The van der Waals surface area contributed by atoms with Gasteiger partial charge in [0.25, 0.3) is 0 Å². The molecule has 2 aromatic rings. The lowest BCUT2D eigenvalue weighted by Gasteiger charge is -2.35. The Hall–Kier alpha value is -3.37. The number of alkyl halides is 3. The highest BCUT2D eigenvalue weighted by Gasteiger charge is 2.38. The smallest absolute Gasteiger partial charge is 0.417 e. The number of carbonyl (C=O) groups excluding carboxylic acids is 2. The van der Waals surface area contributed by atoms with Gasteiger partial charge < -0.3 is 19.9 Å². The summed E-state index contributed by atoms with van der Waals surface area (Å²) in [5, 5.41) is 2.76. The third-order valence-corrected chi connectivity index (χ3v) is 9.67. The molecule has 0 unspecified atom stereocenters. The minimum atomic E-state index is -5.09. The number of piperidine rings is 1. The van der Waals surface area contributed by atoms with Crippen LogP contribution in [0.3, 0.4) is 0 Å². The zero-order valence-electron chi connectivity index (χ0n) is 24.1. The number of nitrogens with zero attached hydrogens (tertiary/aromatic N) is 2. The second-order valence-electron chi connectivity index (χ2n) is 11.0. The van der Waals surface area contributed by atoms with Crippen molar-refractivity contribution in [2.75, 3.05) is 33.2 Å². The number of hydrogen-bond acceptors (Lipinski definition) is 7. The molecule has 11 nitrogen and oxygen atoms in total. The van der Waals surface area contributed by atoms with Crippen LogP contribution in [0, 0.1) is 0 Å². The fourth-order valence-corrected chi connectivity index (χ4v) is 6.91. The van der Waals surface area contributed by atoms with Gasteiger partial charge in [-0.05, 0) is 63.9 Å². The summed E-state index contributed by atoms with van der Waals surface area (Å²) in [5.74, 6) is 0. The zero-order chi connectivity index (χ0) is 32.2. The maximum atomic E-state index is 13.7. The summed E-state index contributed by atoms with van der Waals surface area (Å²) in [6, 6.07) is 7.50. The molecule has 0 radical (unpaired) electrons. The van der Waals surface area contributed by atoms with Gasteiger partial charge in [-0.25, -0.2) is 31.1 Å². The molecular formula is C27H35F3N4O7S2. The van der Waals surface area contributed by atoms with Crippen molar-refractivity contribution in [3.8, 4) is 0 Å². The number of rotatable bonds is 8. The minimum Gasteiger partial charge on any atom is -0.444 e. The van der Waals surface area contributed by atoms with Crippen LogP contribution >= 0.6 is 0 Å². The van der Waals surface area contributed by atoms with Gasteiger partial charge in [-0.1, -0.05) is 18.2 Å². The summed E-state index contributed by atoms with van der Waals surface area (Å²) in [7, 11) is -7.82. The van der Waals surface area contributed by atoms with E-state index >= 15 is 0 Å². The van der Waals surface area contributed by atoms with Crippen molar-refractivity contribution in [2.24, 2.45) is 0 Å². The van der Waals surface area contributed by atoms with Crippen LogP contribution in [-0.2, 0) is 30.8 Å². The Kier molecular flexibility index (Phi) is 10.4. The van der Waals surface area contributed by atoms with Crippen LogP contribution in [0.4, 0.5) is 22.8 Å². The second kappa shape index (κ2) is 13.1. The highest BCUT2D eigenvalue weighted by atomic mass is 32.2. The molecule has 2 N–H and O–H groups in total. The lowest BCUT2D eigenvalue weighted by molar-refractivity contribution is -0.139. The first-order chi connectivity index (χ1) is 19.8. The average Bonchev–Trinajstić information content (AvgIpc) is 2.91. The summed E-state index contributed by atoms with van der Waals surface area (Å²) in [4.78, 5) is 25.6. The van der Waals surface area contributed by atoms with Crippen LogP contribution in [0.15, 0.2) is 63.2 Å². The number of ether oxygens (including phenoxy) is 1. The Bertz CT molecular complexity index is 1530. The van der Waals surface area contributed by atoms with E-state index in [2.05, 4.69) is 5.32 Å². The van der Waals surface area contributed by atoms with E-state index in [1.54, 1.807) is 26.8 Å². The second-order valence-corrected chi connectivity index (χ2v) is 14.7. The number of nitrogens with one attached hydrogen (secondary N) is 2. The van der Waals surface area contributed by atoms with Crippen LogP contribution in [-0.4, -0.2) is 83.6 Å². The molecule has 238 valence electrons. The van der Waals surface area contributed by atoms with E-state index < -0.39 is 71.7 Å². The number of carbonyl (C=O) groups is 2. The van der Waals surface area contributed by atoms with Gasteiger partial charge in [-0.15, -0.1) is 0 Å². The lowest BCUT2D eigenvalue weighted by atomic mass is 10.1. The molecule has 3 amide bonds. The summed E-state index contributed by atoms with van der Waals surface area (Å²) in [6.07, 6.45) is -4.39. The van der Waals surface area contributed by atoms with Crippen molar-refractivity contribution in [1.29, 1.82) is 0 Å². The lowest BCUT2D eigenvalue weighted by Crippen LogP contribution is -2.53. The highest BCUT2D eigenvalue weighted by Crippen LogP contribution is 2.36. The molecule has 16 heteroatoms. The monoisotopic (exact) mass is 648 g/mol. The Morgan fingerprint density at radius 1 is 1.02 bits per heavy atom. The number of urea groups is 1. The normalized spacial score (nSPS) is 16.4. The van der Waals surface area contributed by atoms with Crippen LogP contribution in [0.1, 0.15) is 39.2 Å². The van der Waals surface area contributed by atoms with Gasteiger partial charge in [0, 0.05) is 39.3 Å². The average molecular weight is 649 g/mol. The molecule has 43 heavy (non-hydrogen) atoms. The van der Waals surface area contributed by atoms with Gasteiger partial charge in [0.1, 0.15) is 5.60 Å². The van der Waals surface area contributed by atoms with Crippen molar-refractivity contribution >= 4 is 32.0 Å². The van der Waals surface area contributed by atoms with E-state index in [4.69, 9.17) is 4.74 Å². The minimum absolute atomic E-state index is 0.212. The fourth-order valence-electron chi connectivity index (χ4n) is 4.26. The molecule has 0 bridgehead atoms. The molecule has 0 saturated carbocycles. The summed E-state index contributed by atoms with van der Waals surface area (Å²) < 4.78 is 101. The largest absolute Gasteiger partial charge is 0.444 e. The van der Waals surface area contributed by atoms with E-state index in [-0.39, 0.29) is 18.0 Å². The predicted octanol–water partition coefficient (Wildman–Crippen LogP) is 3.86. The SMILES string of the molecule is CN(CCNS(=O)(=O)c1cc(S(=O)(=O)c2ccccc2)ccc1C(F)(F)F)C(=O)N[C@H]1CCCN(C(=O)OC(C)(C)C)C1. The number of benzene rings is 2. The number of halogens is 3. The van der Waals surface area contributed by atoms with Gasteiger partial charge in [-0.2, -0.15) is 13.2 Å². The third-order valence-electron chi connectivity index (χ3n) is 6.40. The maximum Gasteiger partial charge on any atom is 0.417 e. The van der Waals surface area contributed by atoms with Crippen molar-refractivity contribution in [1.82, 2.24) is 19.8 Å². The molecule has 0 spiro atoms. The van der Waals surface area contributed by atoms with Gasteiger partial charge >= 0.3 is 18.3 Å². The molecule has 1 aliphatic heterocycles. The van der Waals surface area contributed by atoms with Gasteiger partial charge in [0.2, 0.25) is 19.9 Å². The highest BCUT2D eigenvalue weighted by molar-refractivity contribution is 7.91. The number of hydrogen-bond donors (Lipinski definition) is 2. The molecular weight excluding hydrogens is 613 g/mol. The number of sulfonamides is 1. The summed E-state index contributed by atoms with van der Waals surface area (Å²) in [5.41, 5.74) is -2.22. The Labute approximate surface area is 249 Å². The molecule has 0 aliphatic carbocycles. The van der Waals surface area contributed by atoms with Crippen LogP contribution in [0.25, 0.3) is 0 Å². The Morgan fingerprint density at radius 3 is 2.28 bits per heavy atom. The predicted molar refractivity (Wildman–Crippen MR) is 151 cm³/mol. The summed E-state index contributed by atoms with van der Waals surface area (Å²) >= 11 is 0. The molecule has 3 rings (SSSR count). The van der Waals surface area contributed by atoms with Crippen molar-refractivity contribution in [3.05, 3.63) is 54.1 Å². The molecule has 1 heterocycles. The van der Waals surface area contributed by atoms with Crippen molar-refractivity contribution in [3.63, 3.8) is 0 Å². The van der Waals surface area contributed by atoms with E-state index in [0.29, 0.717) is 37.6 Å². The van der Waals surface area contributed by atoms with Crippen LogP contribution in [0.2, 0.25) is 0 Å². The molecule has 2 aromatic carbocycles. The third kappa shape index (κ3) is 9.06. The number of amides is 3. The topological polar surface area (TPSA) is 142 Å². The quantitative estimate of drug-likeness (QED) is 0.443.